The van der Waals surface area contributed by atoms with Crippen LogP contribution in [0.25, 0.3) is 0 Å². The van der Waals surface area contributed by atoms with E-state index >= 15 is 0 Å². The summed E-state index contributed by atoms with van der Waals surface area (Å²) in [5.74, 6) is 1.21. The monoisotopic (exact) mass is 442 g/mol. The fourth-order valence-electron chi connectivity index (χ4n) is 3.06. The highest BCUT2D eigenvalue weighted by molar-refractivity contribution is 8.00. The summed E-state index contributed by atoms with van der Waals surface area (Å²) in [7, 11) is -1.06. The number of benzene rings is 1. The van der Waals surface area contributed by atoms with Crippen LogP contribution in [0.3, 0.4) is 0 Å². The maximum atomic E-state index is 12.4. The Balaban J connectivity index is 1.53. The van der Waals surface area contributed by atoms with Crippen molar-refractivity contribution in [3.8, 4) is 0 Å². The molecule has 0 spiro atoms. The Morgan fingerprint density at radius 2 is 2.07 bits per heavy atom. The fourth-order valence-corrected chi connectivity index (χ4v) is 5.91. The van der Waals surface area contributed by atoms with Gasteiger partial charge in [0.2, 0.25) is 5.91 Å². The number of thioether (sulfide) groups is 1. The molecular weight excluding hydrogens is 420 g/mol. The first-order valence-electron chi connectivity index (χ1n) is 9.01. The molecule has 1 aromatic heterocycles. The van der Waals surface area contributed by atoms with E-state index in [1.54, 1.807) is 12.1 Å². The van der Waals surface area contributed by atoms with Crippen molar-refractivity contribution in [2.24, 2.45) is 13.0 Å². The molecule has 1 aliphatic heterocycles. The second-order valence-corrected chi connectivity index (χ2v) is 11.0. The summed E-state index contributed by atoms with van der Waals surface area (Å²) in [4.78, 5) is 12.4. The lowest BCUT2D eigenvalue weighted by molar-refractivity contribution is -0.120. The van der Waals surface area contributed by atoms with Crippen molar-refractivity contribution < 1.29 is 13.2 Å². The van der Waals surface area contributed by atoms with E-state index in [-0.39, 0.29) is 28.6 Å². The van der Waals surface area contributed by atoms with Crippen molar-refractivity contribution in [1.29, 1.82) is 0 Å². The Hall–Kier alpha value is -1.58. The van der Waals surface area contributed by atoms with Crippen LogP contribution in [-0.4, -0.2) is 45.8 Å². The molecular formula is C18H23ClN4O3S2. The topological polar surface area (TPSA) is 93.9 Å². The Bertz CT molecular complexity index is 944. The Kier molecular flexibility index (Phi) is 6.67. The van der Waals surface area contributed by atoms with Crippen molar-refractivity contribution in [2.75, 3.05) is 11.5 Å². The predicted molar refractivity (Wildman–Crippen MR) is 110 cm³/mol. The molecule has 0 aliphatic carbocycles. The van der Waals surface area contributed by atoms with Crippen molar-refractivity contribution in [1.82, 2.24) is 20.1 Å². The van der Waals surface area contributed by atoms with Gasteiger partial charge in [-0.25, -0.2) is 8.42 Å². The molecule has 10 heteroatoms. The number of amides is 1. The van der Waals surface area contributed by atoms with Gasteiger partial charge in [-0.05, 0) is 37.0 Å². The summed E-state index contributed by atoms with van der Waals surface area (Å²) in [6.07, 6.45) is 1.25. The lowest BCUT2D eigenvalue weighted by Gasteiger charge is -2.12. The van der Waals surface area contributed by atoms with Crippen molar-refractivity contribution in [2.45, 2.75) is 36.7 Å². The molecule has 2 unspecified atom stereocenters. The highest BCUT2D eigenvalue weighted by atomic mass is 35.5. The smallest absolute Gasteiger partial charge is 0.233 e. The number of hydrogen-bond acceptors (Lipinski definition) is 6. The minimum atomic E-state index is -2.91. The van der Waals surface area contributed by atoms with Gasteiger partial charge in [-0.15, -0.1) is 10.2 Å². The molecule has 2 aromatic rings. The number of rotatable bonds is 7. The highest BCUT2D eigenvalue weighted by Gasteiger charge is 2.29. The molecule has 0 bridgehead atoms. The summed E-state index contributed by atoms with van der Waals surface area (Å²) in [6.45, 7) is 2.25. The summed E-state index contributed by atoms with van der Waals surface area (Å²) < 4.78 is 25.1. The average Bonchev–Trinajstić information content (AvgIpc) is 3.17. The molecule has 0 radical (unpaired) electrons. The first kappa shape index (κ1) is 21.1. The third-order valence-electron chi connectivity index (χ3n) is 4.75. The first-order valence-corrected chi connectivity index (χ1v) is 12.1. The minimum absolute atomic E-state index is 0.0887. The average molecular weight is 443 g/mol. The van der Waals surface area contributed by atoms with Gasteiger partial charge in [0.25, 0.3) is 0 Å². The van der Waals surface area contributed by atoms with Crippen LogP contribution in [0.4, 0.5) is 0 Å². The molecule has 3 rings (SSSR count). The number of hydrogen-bond donors (Lipinski definition) is 1. The predicted octanol–water partition coefficient (Wildman–Crippen LogP) is 2.24. The van der Waals surface area contributed by atoms with E-state index in [9.17, 15) is 13.2 Å². The molecule has 1 saturated heterocycles. The van der Waals surface area contributed by atoms with Crippen LogP contribution in [0, 0.1) is 5.92 Å². The van der Waals surface area contributed by atoms with Crippen LogP contribution in [0.2, 0.25) is 5.02 Å². The van der Waals surface area contributed by atoms with E-state index in [0.717, 1.165) is 11.4 Å². The Morgan fingerprint density at radius 3 is 2.71 bits per heavy atom. The van der Waals surface area contributed by atoms with Gasteiger partial charge < -0.3 is 9.88 Å². The van der Waals surface area contributed by atoms with Crippen LogP contribution in [0.15, 0.2) is 29.4 Å². The van der Waals surface area contributed by atoms with Gasteiger partial charge in [0.05, 0.1) is 16.8 Å². The van der Waals surface area contributed by atoms with Gasteiger partial charge in [0.1, 0.15) is 5.82 Å². The van der Waals surface area contributed by atoms with Crippen molar-refractivity contribution >= 4 is 39.1 Å². The van der Waals surface area contributed by atoms with E-state index < -0.39 is 9.84 Å². The van der Waals surface area contributed by atoms with Gasteiger partial charge in [-0.1, -0.05) is 35.5 Å². The lowest BCUT2D eigenvalue weighted by atomic mass is 10.1. The normalized spacial score (nSPS) is 19.5. The third-order valence-corrected chi connectivity index (χ3v) is 7.98. The summed E-state index contributed by atoms with van der Waals surface area (Å²) in [5, 5.41) is 12.2. The maximum absolute atomic E-state index is 12.4. The fraction of sp³-hybridized carbons (Fsp3) is 0.500. The van der Waals surface area contributed by atoms with Crippen LogP contribution in [0.1, 0.15) is 24.7 Å². The molecule has 2 heterocycles. The van der Waals surface area contributed by atoms with E-state index in [2.05, 4.69) is 15.5 Å². The summed E-state index contributed by atoms with van der Waals surface area (Å²) >= 11 is 7.20. The molecule has 7 nitrogen and oxygen atoms in total. The molecule has 0 saturated carbocycles. The van der Waals surface area contributed by atoms with Gasteiger partial charge >= 0.3 is 0 Å². The SMILES string of the molecule is CC(Sc1nnc(CC2CCS(=O)(=O)C2)n1C)C(=O)NCc1ccc(Cl)cc1. The van der Waals surface area contributed by atoms with Crippen molar-refractivity contribution in [3.05, 3.63) is 40.7 Å². The minimum Gasteiger partial charge on any atom is -0.351 e. The lowest BCUT2D eigenvalue weighted by Crippen LogP contribution is -2.30. The third kappa shape index (κ3) is 5.48. The number of carbonyl (C=O) groups excluding carboxylic acids is 1. The zero-order chi connectivity index (χ0) is 20.3. The molecule has 1 aromatic carbocycles. The zero-order valence-corrected chi connectivity index (χ0v) is 18.1. The molecule has 1 N–H and O–H groups in total. The number of nitrogens with zero attached hydrogens (tertiary/aromatic N) is 3. The van der Waals surface area contributed by atoms with Gasteiger partial charge in [0.15, 0.2) is 15.0 Å². The number of carbonyl (C=O) groups is 1. The van der Waals surface area contributed by atoms with Crippen LogP contribution >= 0.6 is 23.4 Å². The molecule has 1 aliphatic rings. The zero-order valence-electron chi connectivity index (χ0n) is 15.8. The molecule has 28 heavy (non-hydrogen) atoms. The number of nitrogens with one attached hydrogen (secondary N) is 1. The van der Waals surface area contributed by atoms with E-state index in [1.807, 2.05) is 30.7 Å². The second kappa shape index (κ2) is 8.84. The number of halogens is 1. The first-order chi connectivity index (χ1) is 13.2. The summed E-state index contributed by atoms with van der Waals surface area (Å²) in [5.41, 5.74) is 0.974. The number of sulfone groups is 1. The summed E-state index contributed by atoms with van der Waals surface area (Å²) in [6, 6.07) is 7.33. The van der Waals surface area contributed by atoms with Gasteiger partial charge in [-0.2, -0.15) is 0 Å². The van der Waals surface area contributed by atoms with E-state index in [1.165, 1.54) is 11.8 Å². The largest absolute Gasteiger partial charge is 0.351 e. The standard InChI is InChI=1S/C18H23ClN4O3S2/c1-12(17(24)20-10-13-3-5-15(19)6-4-13)27-18-22-21-16(23(18)2)9-14-7-8-28(25,26)11-14/h3-6,12,14H,7-11H2,1-2H3,(H,20,24). The van der Waals surface area contributed by atoms with E-state index in [0.29, 0.717) is 29.6 Å². The molecule has 1 amide bonds. The highest BCUT2D eigenvalue weighted by Crippen LogP contribution is 2.25. The van der Waals surface area contributed by atoms with Crippen LogP contribution in [0.5, 0.6) is 0 Å². The van der Waals surface area contributed by atoms with Crippen LogP contribution in [-0.2, 0) is 34.6 Å². The Labute approximate surface area is 174 Å². The quantitative estimate of drug-likeness (QED) is 0.661. The van der Waals surface area contributed by atoms with Crippen molar-refractivity contribution in [3.63, 3.8) is 0 Å². The molecule has 2 atom stereocenters. The van der Waals surface area contributed by atoms with Gasteiger partial charge in [-0.3, -0.25) is 4.79 Å². The van der Waals surface area contributed by atoms with Gasteiger partial charge in [0, 0.05) is 25.0 Å². The Morgan fingerprint density at radius 1 is 1.36 bits per heavy atom. The maximum Gasteiger partial charge on any atom is 0.233 e. The second-order valence-electron chi connectivity index (χ2n) is 7.04. The van der Waals surface area contributed by atoms with Crippen LogP contribution < -0.4 is 5.32 Å². The molecule has 152 valence electrons. The molecule has 1 fully saturated rings. The van der Waals surface area contributed by atoms with E-state index in [4.69, 9.17) is 11.6 Å². The number of aromatic nitrogens is 3.